The van der Waals surface area contributed by atoms with Gasteiger partial charge in [-0.3, -0.25) is 19.0 Å². The number of halogens is 3. The molecule has 0 bridgehead atoms. The monoisotopic (exact) mass is 456 g/mol. The van der Waals surface area contributed by atoms with Gasteiger partial charge in [0.2, 0.25) is 0 Å². The molecule has 4 rings (SSSR count). The molecule has 170 valence electrons. The number of hydrogen-bond acceptors (Lipinski definition) is 4. The van der Waals surface area contributed by atoms with Gasteiger partial charge in [0, 0.05) is 29.1 Å². The molecule has 0 radical (unpaired) electrons. The van der Waals surface area contributed by atoms with E-state index in [0.29, 0.717) is 30.0 Å². The molecule has 0 atom stereocenters. The van der Waals surface area contributed by atoms with Gasteiger partial charge in [-0.05, 0) is 67.4 Å². The zero-order valence-corrected chi connectivity index (χ0v) is 17.5. The zero-order valence-electron chi connectivity index (χ0n) is 17.5. The van der Waals surface area contributed by atoms with Crippen LogP contribution >= 0.6 is 0 Å². The third-order valence-electron chi connectivity index (χ3n) is 5.47. The molecule has 0 fully saturated rings. The van der Waals surface area contributed by atoms with Gasteiger partial charge in [0.05, 0.1) is 12.7 Å². The van der Waals surface area contributed by atoms with E-state index in [2.05, 4.69) is 5.32 Å². The fraction of sp³-hybridized carbons (Fsp3) is 0.208. The van der Waals surface area contributed by atoms with E-state index >= 15 is 0 Å². The molecule has 1 amide bonds. The summed E-state index contributed by atoms with van der Waals surface area (Å²) >= 11 is 0. The fourth-order valence-electron chi connectivity index (χ4n) is 3.80. The molecule has 1 N–H and O–H groups in total. The lowest BCUT2D eigenvalue weighted by molar-refractivity contribution is -0.137. The van der Waals surface area contributed by atoms with E-state index < -0.39 is 23.2 Å². The molecule has 0 saturated heterocycles. The zero-order chi connectivity index (χ0) is 23.8. The molecule has 6 nitrogen and oxygen atoms in total. The minimum absolute atomic E-state index is 0.151. The highest BCUT2D eigenvalue weighted by atomic mass is 19.4. The highest BCUT2D eigenvalue weighted by Crippen LogP contribution is 2.30. The number of alkyl halides is 3. The Labute approximate surface area is 186 Å². The van der Waals surface area contributed by atoms with Crippen molar-refractivity contribution in [3.63, 3.8) is 0 Å². The number of nitrogens with zero attached hydrogens (tertiary/aromatic N) is 1. The van der Waals surface area contributed by atoms with Gasteiger partial charge in [0.15, 0.2) is 5.78 Å². The largest absolute Gasteiger partial charge is 0.497 e. The number of anilines is 1. The molecule has 1 aliphatic carbocycles. The van der Waals surface area contributed by atoms with Crippen molar-refractivity contribution in [2.75, 3.05) is 12.4 Å². The van der Waals surface area contributed by atoms with Crippen LogP contribution in [0, 0.1) is 0 Å². The van der Waals surface area contributed by atoms with Crippen molar-refractivity contribution in [3.05, 3.63) is 87.3 Å². The van der Waals surface area contributed by atoms with Crippen molar-refractivity contribution in [3.8, 4) is 11.4 Å². The van der Waals surface area contributed by atoms with Crippen molar-refractivity contribution in [2.45, 2.75) is 25.4 Å². The van der Waals surface area contributed by atoms with Crippen LogP contribution in [0.3, 0.4) is 0 Å². The van der Waals surface area contributed by atoms with E-state index in [1.54, 1.807) is 24.3 Å². The quantitative estimate of drug-likeness (QED) is 0.621. The van der Waals surface area contributed by atoms with Crippen LogP contribution in [0.1, 0.15) is 44.8 Å². The number of amides is 1. The third kappa shape index (κ3) is 4.39. The first kappa shape index (κ1) is 22.3. The van der Waals surface area contributed by atoms with Crippen molar-refractivity contribution < 1.29 is 27.5 Å². The third-order valence-corrected chi connectivity index (χ3v) is 5.47. The maximum absolute atomic E-state index is 13.3. The van der Waals surface area contributed by atoms with Gasteiger partial charge < -0.3 is 10.1 Å². The van der Waals surface area contributed by atoms with E-state index in [-0.39, 0.29) is 29.0 Å². The van der Waals surface area contributed by atoms with Crippen LogP contribution in [-0.2, 0) is 12.6 Å². The standard InChI is InChI=1S/C24H19F3N2O4/c1-33-17-11-7-15(8-12-17)28-22(31)19-13-18-20(3-2-4-21(18)30)29(23(19)32)16-9-5-14(6-10-16)24(25,26)27/h5-13H,2-4H2,1H3,(H,28,31). The molecule has 0 spiro atoms. The highest BCUT2D eigenvalue weighted by Gasteiger charge is 2.31. The number of aromatic nitrogens is 1. The Morgan fingerprint density at radius 2 is 1.67 bits per heavy atom. The van der Waals surface area contributed by atoms with Crippen molar-refractivity contribution in [1.29, 1.82) is 0 Å². The Kier molecular flexibility index (Phi) is 5.80. The average molecular weight is 456 g/mol. The number of carbonyl (C=O) groups excluding carboxylic acids is 2. The first-order valence-electron chi connectivity index (χ1n) is 10.1. The number of hydrogen-bond donors (Lipinski definition) is 1. The molecule has 1 heterocycles. The minimum atomic E-state index is -4.53. The average Bonchev–Trinajstić information content (AvgIpc) is 2.79. The molecule has 3 aromatic rings. The molecule has 0 unspecified atom stereocenters. The summed E-state index contributed by atoms with van der Waals surface area (Å²) < 4.78 is 45.2. The Hall–Kier alpha value is -3.88. The molecule has 1 aliphatic rings. The molecule has 0 saturated carbocycles. The van der Waals surface area contributed by atoms with Crippen LogP contribution in [0.5, 0.6) is 5.75 Å². The normalized spacial score (nSPS) is 13.4. The number of nitrogens with one attached hydrogen (secondary N) is 1. The number of methoxy groups -OCH3 is 1. The second kappa shape index (κ2) is 8.57. The molecular formula is C24H19F3N2O4. The molecular weight excluding hydrogens is 437 g/mol. The lowest BCUT2D eigenvalue weighted by Gasteiger charge is -2.22. The predicted octanol–water partition coefficient (Wildman–Crippen LogP) is 4.64. The predicted molar refractivity (Wildman–Crippen MR) is 115 cm³/mol. The molecule has 0 aliphatic heterocycles. The number of fused-ring (bicyclic) bond motifs is 1. The van der Waals surface area contributed by atoms with Crippen molar-refractivity contribution in [2.24, 2.45) is 0 Å². The summed E-state index contributed by atoms with van der Waals surface area (Å²) in [6.07, 6.45) is -3.38. The minimum Gasteiger partial charge on any atom is -0.497 e. The Morgan fingerprint density at radius 3 is 2.27 bits per heavy atom. The fourth-order valence-corrected chi connectivity index (χ4v) is 3.80. The smallest absolute Gasteiger partial charge is 0.416 e. The summed E-state index contributed by atoms with van der Waals surface area (Å²) in [5.74, 6) is -0.376. The van der Waals surface area contributed by atoms with Crippen LogP contribution in [0.2, 0.25) is 0 Å². The van der Waals surface area contributed by atoms with Crippen LogP contribution in [-0.4, -0.2) is 23.4 Å². The number of ketones is 1. The molecule has 1 aromatic heterocycles. The maximum atomic E-state index is 13.3. The van der Waals surface area contributed by atoms with Gasteiger partial charge in [-0.25, -0.2) is 0 Å². The van der Waals surface area contributed by atoms with Crippen molar-refractivity contribution >= 4 is 17.4 Å². The lowest BCUT2D eigenvalue weighted by atomic mass is 9.92. The van der Waals surface area contributed by atoms with Crippen molar-refractivity contribution in [1.82, 2.24) is 4.57 Å². The first-order chi connectivity index (χ1) is 15.7. The SMILES string of the molecule is COc1ccc(NC(=O)c2cc3c(n(-c4ccc(C(F)(F)F)cc4)c2=O)CCCC3=O)cc1. The second-order valence-electron chi connectivity index (χ2n) is 7.56. The lowest BCUT2D eigenvalue weighted by Crippen LogP contribution is -2.33. The molecule has 2 aromatic carbocycles. The van der Waals surface area contributed by atoms with Gasteiger partial charge >= 0.3 is 6.18 Å². The van der Waals surface area contributed by atoms with Crippen LogP contribution in [0.15, 0.2) is 59.4 Å². The summed E-state index contributed by atoms with van der Waals surface area (Å²) in [4.78, 5) is 38.8. The van der Waals surface area contributed by atoms with E-state index in [4.69, 9.17) is 4.74 Å². The van der Waals surface area contributed by atoms with Gasteiger partial charge in [-0.2, -0.15) is 13.2 Å². The number of Topliss-reactive ketones (excluding diaryl/α,β-unsaturated/α-hetero) is 1. The van der Waals surface area contributed by atoms with E-state index in [1.807, 2.05) is 0 Å². The summed E-state index contributed by atoms with van der Waals surface area (Å²) in [7, 11) is 1.50. The van der Waals surface area contributed by atoms with E-state index in [0.717, 1.165) is 28.8 Å². The molecule has 33 heavy (non-hydrogen) atoms. The number of ether oxygens (including phenoxy) is 1. The number of carbonyl (C=O) groups is 2. The summed E-state index contributed by atoms with van der Waals surface area (Å²) in [5.41, 5.74) is -0.687. The van der Waals surface area contributed by atoms with Gasteiger partial charge in [-0.1, -0.05) is 0 Å². The first-order valence-corrected chi connectivity index (χ1v) is 10.1. The number of pyridine rings is 1. The Morgan fingerprint density at radius 1 is 1.00 bits per heavy atom. The topological polar surface area (TPSA) is 77.4 Å². The summed E-state index contributed by atoms with van der Waals surface area (Å²) in [5, 5.41) is 2.61. The van der Waals surface area contributed by atoms with Gasteiger partial charge in [0.1, 0.15) is 11.3 Å². The van der Waals surface area contributed by atoms with Crippen LogP contribution in [0.4, 0.5) is 18.9 Å². The number of rotatable bonds is 4. The highest BCUT2D eigenvalue weighted by molar-refractivity contribution is 6.06. The summed E-state index contributed by atoms with van der Waals surface area (Å²) in [6.45, 7) is 0. The Balaban J connectivity index is 1.80. The van der Waals surface area contributed by atoms with E-state index in [1.165, 1.54) is 13.2 Å². The van der Waals surface area contributed by atoms with E-state index in [9.17, 15) is 27.6 Å². The second-order valence-corrected chi connectivity index (χ2v) is 7.56. The summed E-state index contributed by atoms with van der Waals surface area (Å²) in [6, 6.07) is 11.8. The molecule has 9 heteroatoms. The number of benzene rings is 2. The van der Waals surface area contributed by atoms with Crippen LogP contribution in [0.25, 0.3) is 5.69 Å². The van der Waals surface area contributed by atoms with Gasteiger partial charge in [-0.15, -0.1) is 0 Å². The maximum Gasteiger partial charge on any atom is 0.416 e. The van der Waals surface area contributed by atoms with Crippen LogP contribution < -0.4 is 15.6 Å². The van der Waals surface area contributed by atoms with Gasteiger partial charge in [0.25, 0.3) is 11.5 Å². The Bertz CT molecular complexity index is 1280.